The average molecular weight is 208 g/mol. The first-order chi connectivity index (χ1) is 7.09. The van der Waals surface area contributed by atoms with Crippen LogP contribution in [0.4, 0.5) is 0 Å². The second-order valence-corrected chi connectivity index (χ2v) is 6.71. The maximum atomic E-state index is 2.50. The highest BCUT2D eigenvalue weighted by molar-refractivity contribution is 4.90. The summed E-state index contributed by atoms with van der Waals surface area (Å²) in [4.78, 5) is 0. The van der Waals surface area contributed by atoms with Crippen LogP contribution in [-0.4, -0.2) is 0 Å². The van der Waals surface area contributed by atoms with Crippen LogP contribution in [-0.2, 0) is 0 Å². The van der Waals surface area contributed by atoms with Gasteiger partial charge >= 0.3 is 0 Å². The summed E-state index contributed by atoms with van der Waals surface area (Å²) in [5.41, 5.74) is 0. The van der Waals surface area contributed by atoms with Gasteiger partial charge in [-0.3, -0.25) is 0 Å². The molecule has 2 fully saturated rings. The van der Waals surface area contributed by atoms with E-state index in [1.54, 1.807) is 0 Å². The Bertz CT molecular complexity index is 202. The third kappa shape index (κ3) is 2.24. The van der Waals surface area contributed by atoms with Crippen LogP contribution in [0, 0.1) is 35.5 Å². The molecule has 0 radical (unpaired) electrons. The molecule has 2 saturated carbocycles. The summed E-state index contributed by atoms with van der Waals surface area (Å²) in [5, 5.41) is 0. The Morgan fingerprint density at radius 3 is 2.27 bits per heavy atom. The minimum Gasteiger partial charge on any atom is -0.0625 e. The zero-order chi connectivity index (χ0) is 11.0. The van der Waals surface area contributed by atoms with Crippen LogP contribution in [0.2, 0.25) is 0 Å². The highest BCUT2D eigenvalue weighted by Gasteiger charge is 2.41. The van der Waals surface area contributed by atoms with Crippen molar-refractivity contribution in [1.29, 1.82) is 0 Å². The normalized spacial score (nSPS) is 46.6. The summed E-state index contributed by atoms with van der Waals surface area (Å²) >= 11 is 0. The van der Waals surface area contributed by atoms with E-state index in [1.165, 1.54) is 32.1 Å². The average Bonchev–Trinajstić information content (AvgIpc) is 2.17. The fraction of sp³-hybridized carbons (Fsp3) is 1.00. The van der Waals surface area contributed by atoms with Crippen molar-refractivity contribution >= 4 is 0 Å². The first kappa shape index (κ1) is 11.5. The van der Waals surface area contributed by atoms with E-state index in [4.69, 9.17) is 0 Å². The highest BCUT2D eigenvalue weighted by Crippen LogP contribution is 2.50. The smallest absolute Gasteiger partial charge is 0.0350 e. The summed E-state index contributed by atoms with van der Waals surface area (Å²) < 4.78 is 0. The fourth-order valence-corrected chi connectivity index (χ4v) is 4.36. The molecule has 2 rings (SSSR count). The molecule has 0 aromatic heterocycles. The molecule has 0 spiro atoms. The molecule has 0 aliphatic heterocycles. The lowest BCUT2D eigenvalue weighted by atomic mass is 9.57. The molecule has 0 saturated heterocycles. The lowest BCUT2D eigenvalue weighted by Crippen LogP contribution is -2.39. The Labute approximate surface area is 95.8 Å². The van der Waals surface area contributed by atoms with E-state index in [1.807, 2.05) is 0 Å². The molecule has 0 aromatic carbocycles. The van der Waals surface area contributed by atoms with Crippen molar-refractivity contribution < 1.29 is 0 Å². The summed E-state index contributed by atoms with van der Waals surface area (Å²) in [5.74, 6) is 6.10. The van der Waals surface area contributed by atoms with Crippen LogP contribution < -0.4 is 0 Å². The zero-order valence-corrected chi connectivity index (χ0v) is 11.0. The molecule has 0 aromatic rings. The van der Waals surface area contributed by atoms with Crippen molar-refractivity contribution in [2.24, 2.45) is 35.5 Å². The zero-order valence-electron chi connectivity index (χ0n) is 11.0. The minimum atomic E-state index is 0.912. The standard InChI is InChI=1S/C15H28/c1-10(2)13-8-6-12(4)14-7-5-11(3)9-15(13)14/h10-15H,5-9H2,1-4H3/t11?,12?,13-,14-,15-/m0/s1. The van der Waals surface area contributed by atoms with Gasteiger partial charge in [0.15, 0.2) is 0 Å². The summed E-state index contributed by atoms with van der Waals surface area (Å²) in [6.45, 7) is 9.85. The minimum absolute atomic E-state index is 0.912. The van der Waals surface area contributed by atoms with Gasteiger partial charge in [-0.05, 0) is 54.8 Å². The number of rotatable bonds is 1. The molecular weight excluding hydrogens is 180 g/mol. The molecule has 0 bridgehead atoms. The SMILES string of the molecule is CC1CC[C@H]2C(C)CC[C@@H](C(C)C)[C@@H]2C1. The molecule has 0 heteroatoms. The Morgan fingerprint density at radius 2 is 1.60 bits per heavy atom. The van der Waals surface area contributed by atoms with Crippen molar-refractivity contribution in [3.63, 3.8) is 0 Å². The van der Waals surface area contributed by atoms with Gasteiger partial charge in [0, 0.05) is 0 Å². The molecule has 0 heterocycles. The third-order valence-corrected chi connectivity index (χ3v) is 5.31. The molecular formula is C15H28. The van der Waals surface area contributed by atoms with E-state index < -0.39 is 0 Å². The van der Waals surface area contributed by atoms with E-state index in [-0.39, 0.29) is 0 Å². The van der Waals surface area contributed by atoms with Gasteiger partial charge in [0.2, 0.25) is 0 Å². The summed E-state index contributed by atoms with van der Waals surface area (Å²) in [6, 6.07) is 0. The van der Waals surface area contributed by atoms with Crippen LogP contribution in [0.3, 0.4) is 0 Å². The molecule has 0 nitrogen and oxygen atoms in total. The van der Waals surface area contributed by atoms with Gasteiger partial charge in [-0.2, -0.15) is 0 Å². The summed E-state index contributed by atoms with van der Waals surface area (Å²) in [6.07, 6.45) is 7.55. The maximum absolute atomic E-state index is 2.50. The van der Waals surface area contributed by atoms with Crippen LogP contribution in [0.15, 0.2) is 0 Å². The highest BCUT2D eigenvalue weighted by atomic mass is 14.5. The van der Waals surface area contributed by atoms with Gasteiger partial charge in [-0.25, -0.2) is 0 Å². The number of hydrogen-bond donors (Lipinski definition) is 0. The lowest BCUT2D eigenvalue weighted by molar-refractivity contribution is 0.0182. The van der Waals surface area contributed by atoms with E-state index in [2.05, 4.69) is 27.7 Å². The van der Waals surface area contributed by atoms with Gasteiger partial charge in [-0.15, -0.1) is 0 Å². The topological polar surface area (TPSA) is 0 Å². The second kappa shape index (κ2) is 4.47. The number of fused-ring (bicyclic) bond motifs is 1. The first-order valence-electron chi connectivity index (χ1n) is 7.09. The lowest BCUT2D eigenvalue weighted by Gasteiger charge is -2.48. The van der Waals surface area contributed by atoms with Crippen molar-refractivity contribution in [3.05, 3.63) is 0 Å². The Morgan fingerprint density at radius 1 is 0.867 bits per heavy atom. The van der Waals surface area contributed by atoms with Crippen LogP contribution >= 0.6 is 0 Å². The van der Waals surface area contributed by atoms with Crippen LogP contribution in [0.5, 0.6) is 0 Å². The molecule has 0 N–H and O–H groups in total. The molecule has 2 aliphatic rings. The van der Waals surface area contributed by atoms with Crippen molar-refractivity contribution in [2.45, 2.75) is 59.8 Å². The van der Waals surface area contributed by atoms with Crippen molar-refractivity contribution in [2.75, 3.05) is 0 Å². The second-order valence-electron chi connectivity index (χ2n) is 6.71. The largest absolute Gasteiger partial charge is 0.0625 e. The Balaban J connectivity index is 2.10. The molecule has 0 amide bonds. The molecule has 2 unspecified atom stereocenters. The number of hydrogen-bond acceptors (Lipinski definition) is 0. The van der Waals surface area contributed by atoms with Crippen LogP contribution in [0.1, 0.15) is 59.8 Å². The van der Waals surface area contributed by atoms with Crippen molar-refractivity contribution in [1.82, 2.24) is 0 Å². The monoisotopic (exact) mass is 208 g/mol. The fourth-order valence-electron chi connectivity index (χ4n) is 4.36. The quantitative estimate of drug-likeness (QED) is 0.584. The van der Waals surface area contributed by atoms with Gasteiger partial charge in [0.05, 0.1) is 0 Å². The maximum Gasteiger partial charge on any atom is -0.0350 e. The van der Waals surface area contributed by atoms with Crippen LogP contribution in [0.25, 0.3) is 0 Å². The van der Waals surface area contributed by atoms with Gasteiger partial charge in [0.1, 0.15) is 0 Å². The molecule has 15 heavy (non-hydrogen) atoms. The molecule has 88 valence electrons. The summed E-state index contributed by atoms with van der Waals surface area (Å²) in [7, 11) is 0. The van der Waals surface area contributed by atoms with E-state index in [0.29, 0.717) is 0 Å². The molecule has 5 atom stereocenters. The Hall–Kier alpha value is 0. The van der Waals surface area contributed by atoms with Gasteiger partial charge < -0.3 is 0 Å². The van der Waals surface area contributed by atoms with E-state index in [9.17, 15) is 0 Å². The van der Waals surface area contributed by atoms with Gasteiger partial charge in [0.25, 0.3) is 0 Å². The molecule has 2 aliphatic carbocycles. The Kier molecular flexibility index (Phi) is 3.42. The van der Waals surface area contributed by atoms with E-state index in [0.717, 1.165) is 35.5 Å². The van der Waals surface area contributed by atoms with E-state index >= 15 is 0 Å². The first-order valence-corrected chi connectivity index (χ1v) is 7.09. The predicted molar refractivity (Wildman–Crippen MR) is 66.7 cm³/mol. The van der Waals surface area contributed by atoms with Gasteiger partial charge in [-0.1, -0.05) is 40.5 Å². The third-order valence-electron chi connectivity index (χ3n) is 5.31. The van der Waals surface area contributed by atoms with Crippen molar-refractivity contribution in [3.8, 4) is 0 Å². The predicted octanol–water partition coefficient (Wildman–Crippen LogP) is 4.74.